The molecule has 1 aliphatic rings. The zero-order valence-corrected chi connectivity index (χ0v) is 27.0. The van der Waals surface area contributed by atoms with Crippen LogP contribution >= 0.6 is 22.7 Å². The first-order valence-corrected chi connectivity index (χ1v) is 17.6. The van der Waals surface area contributed by atoms with Gasteiger partial charge in [0.25, 0.3) is 0 Å². The zero-order valence-electron chi connectivity index (χ0n) is 25.3. The third kappa shape index (κ3) is 3.94. The van der Waals surface area contributed by atoms with Gasteiger partial charge in [0.1, 0.15) is 6.07 Å². The molecule has 6 aromatic carbocycles. The number of rotatable bonds is 3. The number of thiophene rings is 2. The van der Waals surface area contributed by atoms with Gasteiger partial charge in [0.05, 0.1) is 22.3 Å². The molecule has 1 aliphatic carbocycles. The predicted octanol–water partition coefficient (Wildman–Crippen LogP) is 12.8. The first-order chi connectivity index (χ1) is 23.3. The molecule has 0 amide bonds. The molecular weight excluding hydrogens is 609 g/mol. The molecule has 0 fully saturated rings. The minimum Gasteiger partial charge on any atom is -0.307 e. The molecule has 47 heavy (non-hydrogen) atoms. The van der Waals surface area contributed by atoms with Crippen molar-refractivity contribution in [3.63, 3.8) is 0 Å². The first-order valence-electron chi connectivity index (χ1n) is 16.0. The Morgan fingerprint density at radius 2 is 1.32 bits per heavy atom. The van der Waals surface area contributed by atoms with Gasteiger partial charge in [-0.05, 0) is 78.1 Å². The first kappa shape index (κ1) is 26.7. The van der Waals surface area contributed by atoms with Crippen LogP contribution in [0.5, 0.6) is 0 Å². The average molecular weight is 635 g/mol. The Kier molecular flexibility index (Phi) is 5.84. The molecular formula is C43H26N2S2. The van der Waals surface area contributed by atoms with Crippen LogP contribution in [0.15, 0.2) is 133 Å². The highest BCUT2D eigenvalue weighted by Crippen LogP contribution is 2.46. The van der Waals surface area contributed by atoms with Crippen LogP contribution in [-0.2, 0) is 0 Å². The van der Waals surface area contributed by atoms with Crippen molar-refractivity contribution in [2.75, 3.05) is 0 Å². The molecule has 2 nitrogen and oxygen atoms in total. The molecule has 10 rings (SSSR count). The third-order valence-electron chi connectivity index (χ3n) is 9.67. The van der Waals surface area contributed by atoms with Crippen molar-refractivity contribution >= 4 is 90.4 Å². The Labute approximate surface area is 279 Å². The van der Waals surface area contributed by atoms with Crippen molar-refractivity contribution in [1.82, 2.24) is 4.57 Å². The number of benzene rings is 6. The highest BCUT2D eigenvalue weighted by Gasteiger charge is 2.20. The highest BCUT2D eigenvalue weighted by atomic mass is 32.1. The number of fused-ring (bicyclic) bond motifs is 10. The van der Waals surface area contributed by atoms with Gasteiger partial charge in [0, 0.05) is 56.7 Å². The molecule has 220 valence electrons. The van der Waals surface area contributed by atoms with Gasteiger partial charge in [-0.15, -0.1) is 22.7 Å². The van der Waals surface area contributed by atoms with Crippen LogP contribution in [0.1, 0.15) is 24.0 Å². The monoisotopic (exact) mass is 634 g/mol. The van der Waals surface area contributed by atoms with E-state index in [1.165, 1.54) is 62.3 Å². The van der Waals surface area contributed by atoms with E-state index in [-0.39, 0.29) is 0 Å². The molecule has 3 aromatic heterocycles. The number of allylic oxidation sites excluding steroid dienone is 4. The number of hydrogen-bond acceptors (Lipinski definition) is 3. The van der Waals surface area contributed by atoms with Gasteiger partial charge in [-0.25, -0.2) is 0 Å². The van der Waals surface area contributed by atoms with Crippen LogP contribution in [0.25, 0.3) is 84.5 Å². The summed E-state index contributed by atoms with van der Waals surface area (Å²) in [4.78, 5) is 0. The normalized spacial score (nSPS) is 13.4. The summed E-state index contributed by atoms with van der Waals surface area (Å²) in [6.45, 7) is 0. The fraction of sp³-hybridized carbons (Fsp3) is 0.0465. The van der Waals surface area contributed by atoms with Gasteiger partial charge in [-0.2, -0.15) is 5.26 Å². The van der Waals surface area contributed by atoms with Crippen LogP contribution in [0.4, 0.5) is 0 Å². The summed E-state index contributed by atoms with van der Waals surface area (Å²) in [6, 6.07) is 44.1. The second-order valence-electron chi connectivity index (χ2n) is 12.3. The molecule has 0 unspecified atom stereocenters. The SMILES string of the molecule is N#Cc1cccc(-c2ccc3sc4ccc5c6cc(C7=CCCC=C7)ccc6sc5c4c3c2)c1-n1c2ccccc2c2ccccc21. The minimum absolute atomic E-state index is 0.662. The van der Waals surface area contributed by atoms with Crippen molar-refractivity contribution < 1.29 is 0 Å². The largest absolute Gasteiger partial charge is 0.307 e. The Morgan fingerprint density at radius 3 is 2.09 bits per heavy atom. The standard InChI is InChI=1S/C43H26N2S2/c44-25-29-11-8-14-30(42(29)45-36-15-6-4-12-31(36)32-13-5-7-16-37(32)45)28-18-21-39-35(24-28)41-40(46-39)22-19-33-34-23-27(26-9-2-1-3-10-26)17-20-38(34)47-43(33)41/h2,4-24H,1,3H2. The van der Waals surface area contributed by atoms with E-state index < -0.39 is 0 Å². The summed E-state index contributed by atoms with van der Waals surface area (Å²) in [5.41, 5.74) is 8.58. The molecule has 0 bridgehead atoms. The predicted molar refractivity (Wildman–Crippen MR) is 203 cm³/mol. The van der Waals surface area contributed by atoms with Crippen molar-refractivity contribution in [3.8, 4) is 22.9 Å². The number of nitrogens with zero attached hydrogens (tertiary/aromatic N) is 2. The van der Waals surface area contributed by atoms with Crippen molar-refractivity contribution in [1.29, 1.82) is 5.26 Å². The van der Waals surface area contributed by atoms with Gasteiger partial charge in [0.2, 0.25) is 0 Å². The van der Waals surface area contributed by atoms with Crippen molar-refractivity contribution in [2.24, 2.45) is 0 Å². The summed E-state index contributed by atoms with van der Waals surface area (Å²) in [5, 5.41) is 18.1. The highest BCUT2D eigenvalue weighted by molar-refractivity contribution is 7.29. The van der Waals surface area contributed by atoms with E-state index in [4.69, 9.17) is 0 Å². The quantitative estimate of drug-likeness (QED) is 0.190. The molecule has 0 atom stereocenters. The Hall–Kier alpha value is -5.47. The molecule has 3 heterocycles. The number of aromatic nitrogens is 1. The zero-order chi connectivity index (χ0) is 31.1. The molecule has 9 aromatic rings. The smallest absolute Gasteiger partial charge is 0.101 e. The Balaban J connectivity index is 1.23. The molecule has 0 saturated heterocycles. The van der Waals surface area contributed by atoms with E-state index in [1.807, 2.05) is 34.8 Å². The van der Waals surface area contributed by atoms with E-state index in [9.17, 15) is 5.26 Å². The van der Waals surface area contributed by atoms with E-state index in [0.29, 0.717) is 5.56 Å². The van der Waals surface area contributed by atoms with E-state index in [1.54, 1.807) is 0 Å². The van der Waals surface area contributed by atoms with Crippen LogP contribution < -0.4 is 0 Å². The Bertz CT molecular complexity index is 2810. The van der Waals surface area contributed by atoms with Gasteiger partial charge >= 0.3 is 0 Å². The second kappa shape index (κ2) is 10.3. The van der Waals surface area contributed by atoms with Crippen LogP contribution in [0, 0.1) is 11.3 Å². The molecule has 0 radical (unpaired) electrons. The number of para-hydroxylation sites is 3. The summed E-state index contributed by atoms with van der Waals surface area (Å²) >= 11 is 3.76. The number of nitriles is 1. The van der Waals surface area contributed by atoms with Crippen molar-refractivity contribution in [3.05, 3.63) is 145 Å². The summed E-state index contributed by atoms with van der Waals surface area (Å²) in [6.07, 6.45) is 9.13. The van der Waals surface area contributed by atoms with Crippen LogP contribution in [0.3, 0.4) is 0 Å². The second-order valence-corrected chi connectivity index (χ2v) is 14.4. The van der Waals surface area contributed by atoms with Crippen LogP contribution in [0.2, 0.25) is 0 Å². The Morgan fingerprint density at radius 1 is 0.596 bits per heavy atom. The fourth-order valence-electron chi connectivity index (χ4n) is 7.54. The molecule has 4 heteroatoms. The summed E-state index contributed by atoms with van der Waals surface area (Å²) < 4.78 is 7.54. The molecule has 0 aliphatic heterocycles. The van der Waals surface area contributed by atoms with Gasteiger partial charge in [-0.3, -0.25) is 0 Å². The third-order valence-corrected chi connectivity index (χ3v) is 12.0. The maximum absolute atomic E-state index is 10.4. The van der Waals surface area contributed by atoms with E-state index in [0.717, 1.165) is 40.7 Å². The lowest BCUT2D eigenvalue weighted by molar-refractivity contribution is 1.04. The maximum Gasteiger partial charge on any atom is 0.101 e. The summed E-state index contributed by atoms with van der Waals surface area (Å²) in [5.74, 6) is 0. The van der Waals surface area contributed by atoms with Crippen LogP contribution in [-0.4, -0.2) is 4.57 Å². The topological polar surface area (TPSA) is 28.7 Å². The fourth-order valence-corrected chi connectivity index (χ4v) is 9.94. The van der Waals surface area contributed by atoms with Gasteiger partial charge < -0.3 is 4.57 Å². The van der Waals surface area contributed by atoms with Crippen molar-refractivity contribution in [2.45, 2.75) is 12.8 Å². The molecule has 0 saturated carbocycles. The lowest BCUT2D eigenvalue weighted by Gasteiger charge is -2.16. The maximum atomic E-state index is 10.4. The van der Waals surface area contributed by atoms with E-state index in [2.05, 4.69) is 132 Å². The summed E-state index contributed by atoms with van der Waals surface area (Å²) in [7, 11) is 0. The minimum atomic E-state index is 0.662. The van der Waals surface area contributed by atoms with E-state index >= 15 is 0 Å². The molecule has 0 spiro atoms. The number of hydrogen-bond donors (Lipinski definition) is 0. The lowest BCUT2D eigenvalue weighted by atomic mass is 9.97. The average Bonchev–Trinajstić information content (AvgIpc) is 3.80. The molecule has 0 N–H and O–H groups in total. The lowest BCUT2D eigenvalue weighted by Crippen LogP contribution is -2.00. The van der Waals surface area contributed by atoms with Gasteiger partial charge in [-0.1, -0.05) is 85.0 Å². The van der Waals surface area contributed by atoms with Gasteiger partial charge in [0.15, 0.2) is 0 Å².